The van der Waals surface area contributed by atoms with Crippen molar-refractivity contribution in [1.82, 2.24) is 9.80 Å². The number of morpholine rings is 1. The first kappa shape index (κ1) is 22.7. The highest BCUT2D eigenvalue weighted by Gasteiger charge is 2.45. The van der Waals surface area contributed by atoms with Crippen LogP contribution in [0.25, 0.3) is 0 Å². The number of para-hydroxylation sites is 1. The van der Waals surface area contributed by atoms with Gasteiger partial charge in [-0.15, -0.1) is 0 Å². The number of fused-ring (bicyclic) bond motifs is 3. The van der Waals surface area contributed by atoms with Crippen molar-refractivity contribution in [2.45, 2.75) is 18.5 Å². The van der Waals surface area contributed by atoms with Gasteiger partial charge in [0.05, 0.1) is 51.1 Å². The number of hydrogen-bond donors (Lipinski definition) is 2. The fourth-order valence-corrected chi connectivity index (χ4v) is 5.35. The van der Waals surface area contributed by atoms with E-state index in [0.717, 1.165) is 47.6 Å². The number of aliphatic hydroxyl groups excluding tert-OH is 1. The third-order valence-electron chi connectivity index (χ3n) is 7.10. The molecule has 0 aliphatic carbocycles. The van der Waals surface area contributed by atoms with Crippen LogP contribution in [-0.4, -0.2) is 80.0 Å². The molecule has 7 heteroatoms. The molecule has 2 aromatic carbocycles. The summed E-state index contributed by atoms with van der Waals surface area (Å²) in [5, 5.41) is 13.5. The van der Waals surface area contributed by atoms with Crippen LogP contribution in [0.5, 0.6) is 5.75 Å². The number of ether oxygens (including phenoxy) is 2. The van der Waals surface area contributed by atoms with Crippen LogP contribution in [0, 0.1) is 17.8 Å². The lowest BCUT2D eigenvalue weighted by atomic mass is 9.82. The van der Waals surface area contributed by atoms with Crippen LogP contribution < -0.4 is 10.1 Å². The van der Waals surface area contributed by atoms with E-state index in [4.69, 9.17) is 9.47 Å². The van der Waals surface area contributed by atoms with Gasteiger partial charge in [-0.3, -0.25) is 9.69 Å². The smallest absolute Gasteiger partial charge is 0.237 e. The molecule has 0 radical (unpaired) electrons. The minimum atomic E-state index is -0.0656. The van der Waals surface area contributed by atoms with Gasteiger partial charge in [-0.25, -0.2) is 0 Å². The van der Waals surface area contributed by atoms with E-state index in [-0.39, 0.29) is 30.5 Å². The quantitative estimate of drug-likeness (QED) is 0.680. The van der Waals surface area contributed by atoms with E-state index in [2.05, 4.69) is 28.1 Å². The lowest BCUT2D eigenvalue weighted by Crippen LogP contribution is -2.47. The summed E-state index contributed by atoms with van der Waals surface area (Å²) in [5.41, 5.74) is 3.77. The predicted octanol–water partition coefficient (Wildman–Crippen LogP) is 2.10. The van der Waals surface area contributed by atoms with Gasteiger partial charge in [0.2, 0.25) is 5.91 Å². The number of likely N-dealkylation sites (tertiary alicyclic amines) is 1. The number of carbonyl (C=O) groups is 1. The molecule has 3 aliphatic rings. The van der Waals surface area contributed by atoms with Crippen LogP contribution >= 0.6 is 0 Å². The van der Waals surface area contributed by atoms with Crippen LogP contribution in [-0.2, 0) is 9.53 Å². The Morgan fingerprint density at radius 1 is 1.18 bits per heavy atom. The van der Waals surface area contributed by atoms with E-state index in [9.17, 15) is 9.90 Å². The molecular formula is C27H31N3O4. The number of nitrogens with one attached hydrogen (secondary N) is 1. The highest BCUT2D eigenvalue weighted by atomic mass is 16.5. The molecule has 0 bridgehead atoms. The van der Waals surface area contributed by atoms with Crippen molar-refractivity contribution in [3.8, 4) is 17.6 Å². The number of amides is 1. The second-order valence-electron chi connectivity index (χ2n) is 9.06. The lowest BCUT2D eigenvalue weighted by Gasteiger charge is -2.39. The fraction of sp³-hybridized carbons (Fsp3) is 0.444. The molecule has 3 atom stereocenters. The van der Waals surface area contributed by atoms with Crippen molar-refractivity contribution >= 4 is 11.6 Å². The second kappa shape index (κ2) is 10.1. The highest BCUT2D eigenvalue weighted by Crippen LogP contribution is 2.46. The Kier molecular flexibility index (Phi) is 6.73. The zero-order valence-corrected chi connectivity index (χ0v) is 19.5. The molecule has 1 amide bonds. The minimum absolute atomic E-state index is 0.0431. The maximum atomic E-state index is 13.4. The summed E-state index contributed by atoms with van der Waals surface area (Å²) in [6.07, 6.45) is 0.869. The van der Waals surface area contributed by atoms with Crippen molar-refractivity contribution in [3.63, 3.8) is 0 Å². The highest BCUT2D eigenvalue weighted by molar-refractivity contribution is 5.80. The molecule has 7 nitrogen and oxygen atoms in total. The second-order valence-corrected chi connectivity index (χ2v) is 9.06. The van der Waals surface area contributed by atoms with Gasteiger partial charge in [-0.1, -0.05) is 24.0 Å². The van der Waals surface area contributed by atoms with E-state index < -0.39 is 0 Å². The predicted molar refractivity (Wildman–Crippen MR) is 130 cm³/mol. The van der Waals surface area contributed by atoms with Gasteiger partial charge in [0.15, 0.2) is 0 Å². The Labute approximate surface area is 200 Å². The summed E-state index contributed by atoms with van der Waals surface area (Å²) in [4.78, 5) is 17.5. The third-order valence-corrected chi connectivity index (χ3v) is 7.10. The summed E-state index contributed by atoms with van der Waals surface area (Å²) in [7, 11) is 1.64. The van der Waals surface area contributed by atoms with Gasteiger partial charge in [-0.05, 0) is 42.3 Å². The average Bonchev–Trinajstić information content (AvgIpc) is 3.33. The van der Waals surface area contributed by atoms with Gasteiger partial charge >= 0.3 is 0 Å². The Hall–Kier alpha value is -3.05. The van der Waals surface area contributed by atoms with Crippen LogP contribution in [0.1, 0.15) is 29.2 Å². The Morgan fingerprint density at radius 3 is 2.79 bits per heavy atom. The maximum absolute atomic E-state index is 13.4. The van der Waals surface area contributed by atoms with Crippen LogP contribution in [0.2, 0.25) is 0 Å². The lowest BCUT2D eigenvalue weighted by molar-refractivity contribution is -0.134. The topological polar surface area (TPSA) is 74.3 Å². The van der Waals surface area contributed by atoms with Crippen molar-refractivity contribution in [2.24, 2.45) is 5.92 Å². The number of rotatable bonds is 4. The molecule has 0 aromatic heterocycles. The minimum Gasteiger partial charge on any atom is -0.495 e. The number of methoxy groups -OCH3 is 1. The number of anilines is 1. The molecule has 2 aromatic rings. The Balaban J connectivity index is 1.44. The van der Waals surface area contributed by atoms with Crippen LogP contribution in [0.15, 0.2) is 42.5 Å². The molecule has 178 valence electrons. The first-order valence-corrected chi connectivity index (χ1v) is 11.9. The maximum Gasteiger partial charge on any atom is 0.237 e. The van der Waals surface area contributed by atoms with Gasteiger partial charge in [0, 0.05) is 36.8 Å². The molecule has 3 heterocycles. The Morgan fingerprint density at radius 2 is 2.00 bits per heavy atom. The van der Waals surface area contributed by atoms with Crippen molar-refractivity contribution in [1.29, 1.82) is 0 Å². The fourth-order valence-electron chi connectivity index (χ4n) is 5.35. The van der Waals surface area contributed by atoms with Gasteiger partial charge in [0.25, 0.3) is 0 Å². The molecular weight excluding hydrogens is 430 g/mol. The molecule has 2 fully saturated rings. The number of hydrogen-bond acceptors (Lipinski definition) is 6. The average molecular weight is 462 g/mol. The summed E-state index contributed by atoms with van der Waals surface area (Å²) in [5.74, 6) is 7.55. The first-order valence-electron chi connectivity index (χ1n) is 11.9. The molecule has 0 unspecified atom stereocenters. The van der Waals surface area contributed by atoms with E-state index >= 15 is 0 Å². The van der Waals surface area contributed by atoms with E-state index in [1.54, 1.807) is 7.11 Å². The van der Waals surface area contributed by atoms with Crippen molar-refractivity contribution in [3.05, 3.63) is 59.2 Å². The molecule has 0 spiro atoms. The van der Waals surface area contributed by atoms with Gasteiger partial charge in [0.1, 0.15) is 5.75 Å². The van der Waals surface area contributed by atoms with Gasteiger partial charge in [-0.2, -0.15) is 0 Å². The third kappa shape index (κ3) is 4.49. The van der Waals surface area contributed by atoms with Gasteiger partial charge < -0.3 is 24.8 Å². The molecule has 0 saturated carbocycles. The molecule has 2 N–H and O–H groups in total. The number of benzene rings is 2. The van der Waals surface area contributed by atoms with Crippen molar-refractivity contribution < 1.29 is 19.4 Å². The van der Waals surface area contributed by atoms with Crippen LogP contribution in [0.3, 0.4) is 0 Å². The van der Waals surface area contributed by atoms with E-state index in [1.807, 2.05) is 41.3 Å². The molecule has 34 heavy (non-hydrogen) atoms. The zero-order valence-electron chi connectivity index (χ0n) is 19.5. The first-order chi connectivity index (χ1) is 16.7. The standard InChI is InChI=1S/C27H31N3O4/c1-33-25-5-3-2-4-20(25)8-6-19-7-9-23-22(16-19)27-21(24(18-31)28-23)10-11-30(27)26(32)17-29-12-14-34-15-13-29/h2-5,7,9,16,21,24,27-28,31H,10-15,17-18H2,1H3/t21-,24+,27-/m1/s1. The SMILES string of the molecule is COc1ccccc1C#Cc1ccc2c(c1)[C@H]1[C@H](CCN1C(=O)CN1CCOCC1)[C@H](CO)N2. The molecule has 2 saturated heterocycles. The van der Waals surface area contributed by atoms with E-state index in [0.29, 0.717) is 26.3 Å². The number of carbonyl (C=O) groups excluding carboxylic acids is 1. The monoisotopic (exact) mass is 461 g/mol. The number of aliphatic hydroxyl groups is 1. The zero-order chi connectivity index (χ0) is 23.5. The van der Waals surface area contributed by atoms with E-state index in [1.165, 1.54) is 0 Å². The summed E-state index contributed by atoms with van der Waals surface area (Å²) < 4.78 is 10.8. The summed E-state index contributed by atoms with van der Waals surface area (Å²) >= 11 is 0. The summed E-state index contributed by atoms with van der Waals surface area (Å²) in [6.45, 7) is 4.07. The van der Waals surface area contributed by atoms with Crippen molar-refractivity contribution in [2.75, 3.05) is 58.4 Å². The summed E-state index contributed by atoms with van der Waals surface area (Å²) in [6, 6.07) is 13.7. The normalized spacial score (nSPS) is 23.8. The Bertz CT molecular complexity index is 1100. The largest absolute Gasteiger partial charge is 0.495 e. The number of nitrogens with zero attached hydrogens (tertiary/aromatic N) is 2. The van der Waals surface area contributed by atoms with Crippen LogP contribution in [0.4, 0.5) is 5.69 Å². The molecule has 3 aliphatic heterocycles. The molecule has 5 rings (SSSR count).